The van der Waals surface area contributed by atoms with Crippen LogP contribution in [0.15, 0.2) is 24.3 Å². The first-order valence-corrected chi connectivity index (χ1v) is 9.72. The maximum absolute atomic E-state index is 13.4. The number of rotatable bonds is 4. The molecule has 0 bridgehead atoms. The highest BCUT2D eigenvalue weighted by molar-refractivity contribution is 6.00. The maximum Gasteiger partial charge on any atom is 0.318 e. The van der Waals surface area contributed by atoms with Crippen LogP contribution in [-0.2, 0) is 6.54 Å². The summed E-state index contributed by atoms with van der Waals surface area (Å²) in [5, 5.41) is 16.6. The van der Waals surface area contributed by atoms with E-state index in [1.165, 1.54) is 24.3 Å². The van der Waals surface area contributed by atoms with Crippen molar-refractivity contribution in [3.63, 3.8) is 0 Å². The molecule has 2 heterocycles. The normalized spacial score (nSPS) is 16.0. The lowest BCUT2D eigenvalue weighted by Gasteiger charge is -2.35. The molecule has 1 aliphatic rings. The first-order chi connectivity index (χ1) is 14.1. The van der Waals surface area contributed by atoms with Gasteiger partial charge in [-0.15, -0.1) is 0 Å². The highest BCUT2D eigenvalue weighted by Gasteiger charge is 2.35. The Hall–Kier alpha value is -3.41. The number of primary amides is 1. The van der Waals surface area contributed by atoms with Crippen LogP contribution in [0.2, 0.25) is 0 Å². The van der Waals surface area contributed by atoms with Crippen LogP contribution < -0.4 is 11.1 Å². The zero-order valence-electron chi connectivity index (χ0n) is 17.3. The first-order valence-electron chi connectivity index (χ1n) is 9.72. The average Bonchev–Trinajstić information content (AvgIpc) is 3.05. The van der Waals surface area contributed by atoms with Gasteiger partial charge in [0, 0.05) is 24.1 Å². The highest BCUT2D eigenvalue weighted by atomic mass is 19.1. The molecule has 3 amide bonds. The van der Waals surface area contributed by atoms with Crippen LogP contribution in [0.25, 0.3) is 11.3 Å². The molecule has 0 radical (unpaired) electrons. The zero-order chi connectivity index (χ0) is 22.1. The van der Waals surface area contributed by atoms with Crippen molar-refractivity contribution < 1.29 is 14.0 Å². The monoisotopic (exact) mass is 412 g/mol. The summed E-state index contributed by atoms with van der Waals surface area (Å²) in [4.78, 5) is 26.7. The summed E-state index contributed by atoms with van der Waals surface area (Å²) < 4.78 is 15.1. The fourth-order valence-corrected chi connectivity index (χ4v) is 3.57. The van der Waals surface area contributed by atoms with Crippen molar-refractivity contribution >= 4 is 11.9 Å². The zero-order valence-corrected chi connectivity index (χ0v) is 17.3. The number of hydrogen-bond acceptors (Lipinski definition) is 4. The number of urea groups is 1. The Kier molecular flexibility index (Phi) is 5.78. The molecule has 0 saturated carbocycles. The molecule has 0 aliphatic carbocycles. The number of nitriles is 1. The van der Waals surface area contributed by atoms with Crippen LogP contribution in [0.4, 0.5) is 9.18 Å². The summed E-state index contributed by atoms with van der Waals surface area (Å²) in [5.74, 6) is -1.08. The number of nitrogens with one attached hydrogen (secondary N) is 1. The highest BCUT2D eigenvalue weighted by Crippen LogP contribution is 2.33. The lowest BCUT2D eigenvalue weighted by Crippen LogP contribution is -2.51. The number of amides is 3. The number of hydrogen-bond donors (Lipinski definition) is 2. The lowest BCUT2D eigenvalue weighted by atomic mass is 10.0. The molecule has 9 heteroatoms. The predicted molar refractivity (Wildman–Crippen MR) is 109 cm³/mol. The standard InChI is InChI=1S/C21H25FN6O2/c1-21(2,3)25-20(30)27-11-15(5-4-10-23)28-16(12-27)17(19(24)29)18(26-28)13-6-8-14(22)9-7-13/h6-9,15H,4-5,11-12H2,1-3H3,(H2,24,29)(H,25,30). The quantitative estimate of drug-likeness (QED) is 0.803. The van der Waals surface area contributed by atoms with Gasteiger partial charge < -0.3 is 16.0 Å². The fraction of sp³-hybridized carbons (Fsp3) is 0.429. The second-order valence-corrected chi connectivity index (χ2v) is 8.40. The van der Waals surface area contributed by atoms with E-state index in [0.29, 0.717) is 29.9 Å². The third kappa shape index (κ3) is 4.43. The van der Waals surface area contributed by atoms with Crippen LogP contribution >= 0.6 is 0 Å². The van der Waals surface area contributed by atoms with Gasteiger partial charge >= 0.3 is 6.03 Å². The van der Waals surface area contributed by atoms with Gasteiger partial charge in [-0.2, -0.15) is 10.4 Å². The Morgan fingerprint density at radius 3 is 2.57 bits per heavy atom. The molecule has 3 rings (SSSR count). The van der Waals surface area contributed by atoms with Crippen molar-refractivity contribution in [1.82, 2.24) is 20.0 Å². The molecule has 0 saturated heterocycles. The fourth-order valence-electron chi connectivity index (χ4n) is 3.57. The molecule has 0 spiro atoms. The number of nitrogens with zero attached hydrogens (tertiary/aromatic N) is 4. The summed E-state index contributed by atoms with van der Waals surface area (Å²) in [6, 6.07) is 7.20. The summed E-state index contributed by atoms with van der Waals surface area (Å²) in [6.07, 6.45) is 0.738. The topological polar surface area (TPSA) is 117 Å². The van der Waals surface area contributed by atoms with Crippen molar-refractivity contribution in [3.8, 4) is 17.3 Å². The minimum atomic E-state index is -0.673. The molecule has 0 fully saturated rings. The smallest absolute Gasteiger partial charge is 0.318 e. The van der Waals surface area contributed by atoms with Crippen molar-refractivity contribution in [2.45, 2.75) is 51.7 Å². The van der Waals surface area contributed by atoms with Crippen LogP contribution in [-0.4, -0.2) is 38.7 Å². The third-order valence-electron chi connectivity index (χ3n) is 4.85. The van der Waals surface area contributed by atoms with Crippen molar-refractivity contribution in [2.75, 3.05) is 6.54 Å². The van der Waals surface area contributed by atoms with Gasteiger partial charge in [0.15, 0.2) is 0 Å². The summed E-state index contributed by atoms with van der Waals surface area (Å²) >= 11 is 0. The molecule has 1 aliphatic heterocycles. The molecular formula is C21H25FN6O2. The van der Waals surface area contributed by atoms with Crippen molar-refractivity contribution in [3.05, 3.63) is 41.3 Å². The van der Waals surface area contributed by atoms with Gasteiger partial charge in [-0.1, -0.05) is 0 Å². The van der Waals surface area contributed by atoms with E-state index < -0.39 is 17.3 Å². The minimum absolute atomic E-state index is 0.150. The second kappa shape index (κ2) is 8.14. The van der Waals surface area contributed by atoms with E-state index >= 15 is 0 Å². The van der Waals surface area contributed by atoms with E-state index in [1.807, 2.05) is 20.8 Å². The van der Waals surface area contributed by atoms with Gasteiger partial charge in [0.25, 0.3) is 5.91 Å². The van der Waals surface area contributed by atoms with Crippen molar-refractivity contribution in [1.29, 1.82) is 5.26 Å². The Bertz CT molecular complexity index is 1000. The van der Waals surface area contributed by atoms with Crippen LogP contribution in [0.1, 0.15) is 55.7 Å². The Labute approximate surface area is 174 Å². The predicted octanol–water partition coefficient (Wildman–Crippen LogP) is 2.96. The molecule has 3 N–H and O–H groups in total. The van der Waals surface area contributed by atoms with Gasteiger partial charge in [0.05, 0.1) is 29.9 Å². The number of fused-ring (bicyclic) bond motifs is 1. The lowest BCUT2D eigenvalue weighted by molar-refractivity contribution is 0.0995. The first kappa shape index (κ1) is 21.3. The molecule has 158 valence electrons. The molecule has 1 aromatic carbocycles. The third-order valence-corrected chi connectivity index (χ3v) is 4.85. The average molecular weight is 412 g/mol. The van der Waals surface area contributed by atoms with Crippen LogP contribution in [0.3, 0.4) is 0 Å². The van der Waals surface area contributed by atoms with Crippen molar-refractivity contribution in [2.24, 2.45) is 5.73 Å². The Balaban J connectivity index is 2.08. The minimum Gasteiger partial charge on any atom is -0.365 e. The number of benzene rings is 1. The summed E-state index contributed by atoms with van der Waals surface area (Å²) in [6.45, 7) is 6.14. The van der Waals surface area contributed by atoms with E-state index in [0.717, 1.165) is 0 Å². The van der Waals surface area contributed by atoms with Gasteiger partial charge in [-0.05, 0) is 51.5 Å². The summed E-state index contributed by atoms with van der Waals surface area (Å²) in [5.41, 5.74) is 6.87. The maximum atomic E-state index is 13.4. The molecule has 1 aromatic heterocycles. The van der Waals surface area contributed by atoms with E-state index in [2.05, 4.69) is 16.5 Å². The largest absolute Gasteiger partial charge is 0.365 e. The Morgan fingerprint density at radius 2 is 2.00 bits per heavy atom. The molecule has 1 atom stereocenters. The van der Waals surface area contributed by atoms with E-state index in [1.54, 1.807) is 9.58 Å². The number of aromatic nitrogens is 2. The number of nitrogens with two attached hydrogens (primary N) is 1. The molecule has 2 aromatic rings. The SMILES string of the molecule is CC(C)(C)NC(=O)N1Cc2c(C(N)=O)c(-c3ccc(F)cc3)nn2C(CCC#N)C1. The Morgan fingerprint density at radius 1 is 1.33 bits per heavy atom. The number of halogens is 1. The van der Waals surface area contributed by atoms with E-state index in [9.17, 15) is 14.0 Å². The second-order valence-electron chi connectivity index (χ2n) is 8.40. The molecule has 8 nitrogen and oxygen atoms in total. The van der Waals surface area contributed by atoms with Gasteiger partial charge in [-0.25, -0.2) is 9.18 Å². The molecule has 30 heavy (non-hydrogen) atoms. The van der Waals surface area contributed by atoms with E-state index in [4.69, 9.17) is 11.0 Å². The summed E-state index contributed by atoms with van der Waals surface area (Å²) in [7, 11) is 0. The van der Waals surface area contributed by atoms with Gasteiger partial charge in [0.2, 0.25) is 0 Å². The van der Waals surface area contributed by atoms with Gasteiger partial charge in [0.1, 0.15) is 11.5 Å². The molecular weight excluding hydrogens is 387 g/mol. The number of carbonyl (C=O) groups is 2. The molecule has 1 unspecified atom stereocenters. The van der Waals surface area contributed by atoms with E-state index in [-0.39, 0.29) is 30.6 Å². The van der Waals surface area contributed by atoms with Crippen LogP contribution in [0, 0.1) is 17.1 Å². The van der Waals surface area contributed by atoms with Crippen LogP contribution in [0.5, 0.6) is 0 Å². The van der Waals surface area contributed by atoms with Gasteiger partial charge in [-0.3, -0.25) is 9.48 Å². The number of carbonyl (C=O) groups excluding carboxylic acids is 2.